The van der Waals surface area contributed by atoms with Gasteiger partial charge in [0.2, 0.25) is 0 Å². The largest absolute Gasteiger partial charge is 0.368 e. The third-order valence-corrected chi connectivity index (χ3v) is 2.89. The smallest absolute Gasteiger partial charge is 0.0894 e. The molecule has 0 aromatic carbocycles. The van der Waals surface area contributed by atoms with Crippen LogP contribution >= 0.6 is 0 Å². The molecule has 2 heteroatoms. The molecule has 1 aliphatic heterocycles. The molecule has 0 N–H and O–H groups in total. The van der Waals surface area contributed by atoms with E-state index in [4.69, 9.17) is 0 Å². The molecule has 1 atom stereocenters. The molecule has 0 saturated carbocycles. The number of pyridine rings is 1. The van der Waals surface area contributed by atoms with Crippen LogP contribution in [0.2, 0.25) is 0 Å². The lowest BCUT2D eigenvalue weighted by Gasteiger charge is -2.27. The van der Waals surface area contributed by atoms with Gasteiger partial charge in [0.15, 0.2) is 0 Å². The number of hydrogen-bond donors (Lipinski definition) is 0. The molecule has 0 aliphatic carbocycles. The van der Waals surface area contributed by atoms with Gasteiger partial charge >= 0.3 is 0 Å². The van der Waals surface area contributed by atoms with Gasteiger partial charge in [-0.25, -0.2) is 0 Å². The van der Waals surface area contributed by atoms with Gasteiger partial charge in [-0.1, -0.05) is 31.6 Å². The molecule has 84 valence electrons. The first-order valence-corrected chi connectivity index (χ1v) is 5.83. The molecular weight excluding hydrogens is 196 g/mol. The number of likely N-dealkylation sites (N-methyl/N-ethyl adjacent to an activating group) is 1. The maximum atomic E-state index is 4.54. The quantitative estimate of drug-likeness (QED) is 0.768. The summed E-state index contributed by atoms with van der Waals surface area (Å²) in [6.07, 6.45) is 12.6. The van der Waals surface area contributed by atoms with Crippen LogP contribution in [0.3, 0.4) is 0 Å². The maximum absolute atomic E-state index is 4.54. The summed E-state index contributed by atoms with van der Waals surface area (Å²) in [4.78, 5) is 6.74. The Labute approximate surface area is 97.3 Å². The van der Waals surface area contributed by atoms with Gasteiger partial charge in [0.1, 0.15) is 0 Å². The predicted octanol–water partition coefficient (Wildman–Crippen LogP) is 3.09. The SMILES string of the molecule is CCCc1cccnc1C1C=CC=CN1C. The number of rotatable bonds is 3. The minimum atomic E-state index is 0.285. The van der Waals surface area contributed by atoms with Gasteiger partial charge in [-0.05, 0) is 30.3 Å². The summed E-state index contributed by atoms with van der Waals surface area (Å²) in [5.41, 5.74) is 2.55. The molecule has 1 aliphatic rings. The summed E-state index contributed by atoms with van der Waals surface area (Å²) in [6.45, 7) is 2.21. The van der Waals surface area contributed by atoms with Crippen LogP contribution < -0.4 is 0 Å². The van der Waals surface area contributed by atoms with Crippen molar-refractivity contribution in [2.45, 2.75) is 25.8 Å². The Hall–Kier alpha value is -1.57. The molecule has 1 unspecified atom stereocenters. The molecule has 0 bridgehead atoms. The number of aromatic nitrogens is 1. The van der Waals surface area contributed by atoms with Gasteiger partial charge < -0.3 is 4.90 Å². The Morgan fingerprint density at radius 3 is 3.00 bits per heavy atom. The van der Waals surface area contributed by atoms with Gasteiger partial charge in [0.05, 0.1) is 11.7 Å². The minimum Gasteiger partial charge on any atom is -0.368 e. The molecular formula is C14H18N2. The van der Waals surface area contributed by atoms with Crippen molar-refractivity contribution in [3.05, 3.63) is 54.0 Å². The lowest BCUT2D eigenvalue weighted by molar-refractivity contribution is 0.380. The van der Waals surface area contributed by atoms with Gasteiger partial charge in [0.25, 0.3) is 0 Å². The van der Waals surface area contributed by atoms with Crippen LogP contribution in [0.1, 0.15) is 30.6 Å². The monoisotopic (exact) mass is 214 g/mol. The third kappa shape index (κ3) is 2.16. The van der Waals surface area contributed by atoms with Crippen molar-refractivity contribution in [3.63, 3.8) is 0 Å². The fourth-order valence-electron chi connectivity index (χ4n) is 2.07. The van der Waals surface area contributed by atoms with Crippen LogP contribution in [0.15, 0.2) is 42.8 Å². The van der Waals surface area contributed by atoms with E-state index in [1.807, 2.05) is 12.3 Å². The van der Waals surface area contributed by atoms with E-state index in [1.165, 1.54) is 11.3 Å². The van der Waals surface area contributed by atoms with E-state index < -0.39 is 0 Å². The van der Waals surface area contributed by atoms with Crippen LogP contribution in [0, 0.1) is 0 Å². The first kappa shape index (κ1) is 10.9. The van der Waals surface area contributed by atoms with Gasteiger partial charge in [-0.3, -0.25) is 4.98 Å². The number of allylic oxidation sites excluding steroid dienone is 2. The van der Waals surface area contributed by atoms with Crippen LogP contribution in [0.25, 0.3) is 0 Å². The summed E-state index contributed by atoms with van der Waals surface area (Å²) in [5, 5.41) is 0. The number of aryl methyl sites for hydroxylation is 1. The lowest BCUT2D eigenvalue weighted by atomic mass is 10.0. The second-order valence-electron chi connectivity index (χ2n) is 4.13. The molecule has 2 nitrogen and oxygen atoms in total. The highest BCUT2D eigenvalue weighted by atomic mass is 15.1. The molecule has 0 amide bonds. The lowest BCUT2D eigenvalue weighted by Crippen LogP contribution is -2.21. The third-order valence-electron chi connectivity index (χ3n) is 2.89. The second-order valence-corrected chi connectivity index (χ2v) is 4.13. The summed E-state index contributed by atoms with van der Waals surface area (Å²) >= 11 is 0. The predicted molar refractivity (Wildman–Crippen MR) is 67.0 cm³/mol. The fraction of sp³-hybridized carbons (Fsp3) is 0.357. The normalized spacial score (nSPS) is 19.1. The molecule has 1 aromatic heterocycles. The van der Waals surface area contributed by atoms with Crippen molar-refractivity contribution in [2.75, 3.05) is 7.05 Å². The zero-order valence-electron chi connectivity index (χ0n) is 9.93. The van der Waals surface area contributed by atoms with Crippen molar-refractivity contribution in [1.82, 2.24) is 9.88 Å². The summed E-state index contributed by atoms with van der Waals surface area (Å²) < 4.78 is 0. The van der Waals surface area contributed by atoms with E-state index in [0.717, 1.165) is 12.8 Å². The van der Waals surface area contributed by atoms with Crippen molar-refractivity contribution in [1.29, 1.82) is 0 Å². The first-order chi connectivity index (χ1) is 7.83. The first-order valence-electron chi connectivity index (χ1n) is 5.83. The van der Waals surface area contributed by atoms with E-state index in [0.29, 0.717) is 0 Å². The molecule has 0 saturated heterocycles. The van der Waals surface area contributed by atoms with E-state index in [1.54, 1.807) is 0 Å². The van der Waals surface area contributed by atoms with E-state index in [2.05, 4.69) is 54.3 Å². The Kier molecular flexibility index (Phi) is 3.40. The highest BCUT2D eigenvalue weighted by molar-refractivity contribution is 5.29. The Balaban J connectivity index is 2.32. The van der Waals surface area contributed by atoms with Crippen molar-refractivity contribution >= 4 is 0 Å². The average molecular weight is 214 g/mol. The molecule has 1 aromatic rings. The van der Waals surface area contributed by atoms with Crippen LogP contribution in [-0.2, 0) is 6.42 Å². The maximum Gasteiger partial charge on any atom is 0.0894 e. The number of hydrogen-bond acceptors (Lipinski definition) is 2. The number of nitrogens with zero attached hydrogens (tertiary/aromatic N) is 2. The molecule has 2 rings (SSSR count). The molecule has 0 spiro atoms. The average Bonchev–Trinajstić information content (AvgIpc) is 2.31. The highest BCUT2D eigenvalue weighted by Crippen LogP contribution is 2.25. The zero-order chi connectivity index (χ0) is 11.4. The summed E-state index contributed by atoms with van der Waals surface area (Å²) in [6, 6.07) is 4.50. The van der Waals surface area contributed by atoms with Crippen LogP contribution in [0.5, 0.6) is 0 Å². The highest BCUT2D eigenvalue weighted by Gasteiger charge is 2.17. The van der Waals surface area contributed by atoms with Crippen molar-refractivity contribution in [2.24, 2.45) is 0 Å². The Morgan fingerprint density at radius 2 is 2.25 bits per heavy atom. The van der Waals surface area contributed by atoms with Crippen LogP contribution in [0.4, 0.5) is 0 Å². The fourth-order valence-corrected chi connectivity index (χ4v) is 2.07. The van der Waals surface area contributed by atoms with Gasteiger partial charge in [0, 0.05) is 13.2 Å². The second kappa shape index (κ2) is 4.97. The molecule has 0 radical (unpaired) electrons. The zero-order valence-corrected chi connectivity index (χ0v) is 9.93. The van der Waals surface area contributed by atoms with E-state index in [9.17, 15) is 0 Å². The van der Waals surface area contributed by atoms with Gasteiger partial charge in [-0.2, -0.15) is 0 Å². The Bertz CT molecular complexity index is 407. The van der Waals surface area contributed by atoms with Gasteiger partial charge in [-0.15, -0.1) is 0 Å². The molecule has 16 heavy (non-hydrogen) atoms. The Morgan fingerprint density at radius 1 is 1.38 bits per heavy atom. The molecule has 0 fully saturated rings. The van der Waals surface area contributed by atoms with Crippen molar-refractivity contribution < 1.29 is 0 Å². The molecule has 2 heterocycles. The topological polar surface area (TPSA) is 16.1 Å². The summed E-state index contributed by atoms with van der Waals surface area (Å²) in [5.74, 6) is 0. The summed E-state index contributed by atoms with van der Waals surface area (Å²) in [7, 11) is 2.09. The van der Waals surface area contributed by atoms with Crippen LogP contribution in [-0.4, -0.2) is 16.9 Å². The minimum absolute atomic E-state index is 0.285. The van der Waals surface area contributed by atoms with E-state index in [-0.39, 0.29) is 6.04 Å². The van der Waals surface area contributed by atoms with Crippen molar-refractivity contribution in [3.8, 4) is 0 Å². The van der Waals surface area contributed by atoms with E-state index >= 15 is 0 Å². The standard InChI is InChI=1S/C14H18N2/c1-3-7-12-8-6-10-15-14(12)13-9-4-5-11-16(13)2/h4-6,8-11,13H,3,7H2,1-2H3.